The molecule has 0 fully saturated rings. The molecule has 0 radical (unpaired) electrons. The number of thiazole rings is 1. The van der Waals surface area contributed by atoms with Crippen LogP contribution in [0.5, 0.6) is 0 Å². The Hall–Kier alpha value is -2.24. The quantitative estimate of drug-likeness (QED) is 0.597. The van der Waals surface area contributed by atoms with Crippen molar-refractivity contribution in [3.63, 3.8) is 0 Å². The molecular weight excluding hydrogens is 373 g/mol. The Morgan fingerprint density at radius 3 is 2.73 bits per heavy atom. The summed E-state index contributed by atoms with van der Waals surface area (Å²) in [5.41, 5.74) is 2.32. The molecule has 1 atom stereocenters. The van der Waals surface area contributed by atoms with E-state index in [1.165, 1.54) is 11.3 Å². The van der Waals surface area contributed by atoms with E-state index in [4.69, 9.17) is 11.6 Å². The van der Waals surface area contributed by atoms with Crippen molar-refractivity contribution in [3.05, 3.63) is 74.4 Å². The van der Waals surface area contributed by atoms with Gasteiger partial charge in [0.1, 0.15) is 10.8 Å². The zero-order valence-electron chi connectivity index (χ0n) is 14.3. The molecule has 0 amide bonds. The summed E-state index contributed by atoms with van der Waals surface area (Å²) in [6.45, 7) is 3.63. The fourth-order valence-electron chi connectivity index (χ4n) is 2.90. The van der Waals surface area contributed by atoms with Crippen LogP contribution in [-0.2, 0) is 4.79 Å². The van der Waals surface area contributed by atoms with Crippen LogP contribution in [-0.4, -0.2) is 16.1 Å². The van der Waals surface area contributed by atoms with Crippen LogP contribution in [0.4, 0.5) is 4.39 Å². The lowest BCUT2D eigenvalue weighted by Crippen LogP contribution is -2.08. The van der Waals surface area contributed by atoms with Crippen LogP contribution in [0.1, 0.15) is 33.4 Å². The predicted molar refractivity (Wildman–Crippen MR) is 103 cm³/mol. The number of hydrogen-bond donors (Lipinski definition) is 1. The van der Waals surface area contributed by atoms with Gasteiger partial charge in [-0.1, -0.05) is 35.9 Å². The normalized spacial score (nSPS) is 12.2. The van der Waals surface area contributed by atoms with E-state index in [-0.39, 0.29) is 12.2 Å². The van der Waals surface area contributed by atoms with Gasteiger partial charge in [0, 0.05) is 27.6 Å². The molecule has 0 spiro atoms. The molecule has 1 unspecified atom stereocenters. The van der Waals surface area contributed by atoms with E-state index in [0.717, 1.165) is 4.88 Å². The third kappa shape index (κ3) is 3.94. The van der Waals surface area contributed by atoms with Crippen LogP contribution < -0.4 is 0 Å². The average molecular weight is 390 g/mol. The summed E-state index contributed by atoms with van der Waals surface area (Å²) in [5.74, 6) is -1.66. The number of rotatable bonds is 5. The summed E-state index contributed by atoms with van der Waals surface area (Å²) in [5, 5.41) is 10.5. The van der Waals surface area contributed by atoms with Gasteiger partial charge in [0.25, 0.3) is 0 Å². The molecule has 0 saturated heterocycles. The number of carboxylic acid groups (broad SMARTS) is 1. The highest BCUT2D eigenvalue weighted by Gasteiger charge is 2.22. The number of carboxylic acids is 1. The summed E-state index contributed by atoms with van der Waals surface area (Å²) in [4.78, 5) is 16.7. The van der Waals surface area contributed by atoms with E-state index >= 15 is 0 Å². The number of nitrogens with zero attached hydrogens (tertiary/aromatic N) is 1. The number of carbonyl (C=O) groups is 1. The fourth-order valence-corrected chi connectivity index (χ4v) is 4.04. The summed E-state index contributed by atoms with van der Waals surface area (Å²) >= 11 is 7.73. The topological polar surface area (TPSA) is 50.2 Å². The summed E-state index contributed by atoms with van der Waals surface area (Å²) in [6.07, 6.45) is 1.61. The molecule has 1 heterocycles. The first-order valence-electron chi connectivity index (χ1n) is 8.05. The molecule has 0 aliphatic rings. The predicted octanol–water partition coefficient (Wildman–Crippen LogP) is 5.83. The molecule has 6 heteroatoms. The largest absolute Gasteiger partial charge is 0.481 e. The van der Waals surface area contributed by atoms with Gasteiger partial charge in [-0.3, -0.25) is 4.79 Å². The maximum atomic E-state index is 14.5. The second-order valence-corrected chi connectivity index (χ2v) is 7.87. The highest BCUT2D eigenvalue weighted by molar-refractivity contribution is 7.11. The van der Waals surface area contributed by atoms with E-state index < -0.39 is 11.9 Å². The summed E-state index contributed by atoms with van der Waals surface area (Å²) in [6, 6.07) is 10.4. The van der Waals surface area contributed by atoms with E-state index in [1.807, 2.05) is 6.92 Å². The van der Waals surface area contributed by atoms with Gasteiger partial charge in [-0.05, 0) is 42.7 Å². The fraction of sp³-hybridized carbons (Fsp3) is 0.200. The number of benzene rings is 2. The van der Waals surface area contributed by atoms with Crippen LogP contribution in [0.3, 0.4) is 0 Å². The standard InChI is InChI=1S/C20H17ClFNO2S/c1-11-4-3-5-16(19(11)22)13-6-14(8-15(21)7-13)17(9-18(24)25)20-23-10-12(2)26-20/h3-8,10,17H,9H2,1-2H3,(H,24,25). The van der Waals surface area contributed by atoms with E-state index in [2.05, 4.69) is 4.98 Å². The van der Waals surface area contributed by atoms with E-state index in [1.54, 1.807) is 49.5 Å². The monoisotopic (exact) mass is 389 g/mol. The molecule has 1 aromatic heterocycles. The minimum atomic E-state index is -0.925. The molecule has 0 aliphatic carbocycles. The smallest absolute Gasteiger partial charge is 0.304 e. The van der Waals surface area contributed by atoms with Crippen LogP contribution in [0, 0.1) is 19.7 Å². The van der Waals surface area contributed by atoms with E-state index in [0.29, 0.717) is 32.3 Å². The number of aliphatic carboxylic acids is 1. The first-order chi connectivity index (χ1) is 12.3. The number of hydrogen-bond acceptors (Lipinski definition) is 3. The lowest BCUT2D eigenvalue weighted by molar-refractivity contribution is -0.137. The van der Waals surface area contributed by atoms with Crippen molar-refractivity contribution in [2.75, 3.05) is 0 Å². The molecule has 3 aromatic rings. The molecule has 134 valence electrons. The second kappa shape index (κ2) is 7.56. The SMILES string of the molecule is Cc1cnc(C(CC(=O)O)c2cc(Cl)cc(-c3cccc(C)c3F)c2)s1. The Bertz CT molecular complexity index is 970. The van der Waals surface area contributed by atoms with Gasteiger partial charge in [-0.25, -0.2) is 9.37 Å². The van der Waals surface area contributed by atoms with Crippen LogP contribution in [0.15, 0.2) is 42.6 Å². The van der Waals surface area contributed by atoms with Crippen molar-refractivity contribution in [2.24, 2.45) is 0 Å². The Balaban J connectivity index is 2.12. The number of aryl methyl sites for hydroxylation is 2. The Labute approximate surface area is 160 Å². The lowest BCUT2D eigenvalue weighted by atomic mass is 9.92. The van der Waals surface area contributed by atoms with Gasteiger partial charge < -0.3 is 5.11 Å². The summed E-state index contributed by atoms with van der Waals surface area (Å²) < 4.78 is 14.5. The average Bonchev–Trinajstić information content (AvgIpc) is 3.00. The second-order valence-electron chi connectivity index (χ2n) is 6.17. The lowest BCUT2D eigenvalue weighted by Gasteiger charge is -2.15. The summed E-state index contributed by atoms with van der Waals surface area (Å²) in [7, 11) is 0. The molecule has 0 saturated carbocycles. The molecule has 26 heavy (non-hydrogen) atoms. The minimum absolute atomic E-state index is 0.108. The Morgan fingerprint density at radius 2 is 2.08 bits per heavy atom. The zero-order valence-corrected chi connectivity index (χ0v) is 15.9. The van der Waals surface area contributed by atoms with E-state index in [9.17, 15) is 14.3 Å². The van der Waals surface area contributed by atoms with Gasteiger partial charge in [0.15, 0.2) is 0 Å². The maximum absolute atomic E-state index is 14.5. The van der Waals surface area contributed by atoms with Crippen LogP contribution in [0.2, 0.25) is 5.02 Å². The number of halogens is 2. The Kier molecular flexibility index (Phi) is 5.39. The van der Waals surface area contributed by atoms with Crippen molar-refractivity contribution < 1.29 is 14.3 Å². The first kappa shape index (κ1) is 18.5. The van der Waals surface area contributed by atoms with Gasteiger partial charge in [0.05, 0.1) is 6.42 Å². The van der Waals surface area contributed by atoms with Crippen LogP contribution >= 0.6 is 22.9 Å². The first-order valence-corrected chi connectivity index (χ1v) is 9.24. The van der Waals surface area contributed by atoms with Gasteiger partial charge >= 0.3 is 5.97 Å². The van der Waals surface area contributed by atoms with Crippen molar-refractivity contribution in [3.8, 4) is 11.1 Å². The third-order valence-corrected chi connectivity index (χ3v) is 5.39. The minimum Gasteiger partial charge on any atom is -0.481 e. The van der Waals surface area contributed by atoms with Gasteiger partial charge in [-0.15, -0.1) is 11.3 Å². The van der Waals surface area contributed by atoms with Crippen molar-refractivity contribution in [1.82, 2.24) is 4.98 Å². The molecule has 0 bridgehead atoms. The zero-order chi connectivity index (χ0) is 18.8. The van der Waals surface area contributed by atoms with Crippen molar-refractivity contribution >= 4 is 28.9 Å². The molecule has 3 rings (SSSR count). The van der Waals surface area contributed by atoms with Gasteiger partial charge in [0.2, 0.25) is 0 Å². The van der Waals surface area contributed by atoms with Crippen LogP contribution in [0.25, 0.3) is 11.1 Å². The molecule has 3 nitrogen and oxygen atoms in total. The van der Waals surface area contributed by atoms with Crippen molar-refractivity contribution in [2.45, 2.75) is 26.2 Å². The molecule has 1 N–H and O–H groups in total. The highest BCUT2D eigenvalue weighted by atomic mass is 35.5. The van der Waals surface area contributed by atoms with Gasteiger partial charge in [-0.2, -0.15) is 0 Å². The maximum Gasteiger partial charge on any atom is 0.304 e. The Morgan fingerprint density at radius 1 is 1.31 bits per heavy atom. The third-order valence-electron chi connectivity index (χ3n) is 4.14. The highest BCUT2D eigenvalue weighted by Crippen LogP contribution is 2.36. The molecular formula is C20H17ClFNO2S. The number of aromatic nitrogens is 1. The van der Waals surface area contributed by atoms with Crippen molar-refractivity contribution in [1.29, 1.82) is 0 Å². The molecule has 0 aliphatic heterocycles. The molecule has 2 aromatic carbocycles.